The van der Waals surface area contributed by atoms with Gasteiger partial charge >= 0.3 is 0 Å². The van der Waals surface area contributed by atoms with Crippen molar-refractivity contribution in [1.29, 1.82) is 0 Å². The summed E-state index contributed by atoms with van der Waals surface area (Å²) in [6, 6.07) is 12.9. The molecule has 0 atom stereocenters. The number of rotatable bonds is 5. The topological polar surface area (TPSA) is 33.2 Å². The van der Waals surface area contributed by atoms with Crippen molar-refractivity contribution in [2.45, 2.75) is 32.1 Å². The number of anilines is 1. The highest BCUT2D eigenvalue weighted by molar-refractivity contribution is 5.91. The molecule has 1 aromatic heterocycles. The molecule has 2 aromatic rings. The van der Waals surface area contributed by atoms with E-state index in [-0.39, 0.29) is 17.1 Å². The second-order valence-electron chi connectivity index (χ2n) is 6.01. The first-order chi connectivity index (χ1) is 10.4. The molecule has 0 aliphatic carbocycles. The lowest BCUT2D eigenvalue weighted by Crippen LogP contribution is -2.30. The lowest BCUT2D eigenvalue weighted by molar-refractivity contribution is -0.118. The van der Waals surface area contributed by atoms with Gasteiger partial charge in [0.15, 0.2) is 11.6 Å². The van der Waals surface area contributed by atoms with E-state index in [1.165, 1.54) is 28.8 Å². The van der Waals surface area contributed by atoms with E-state index in [1.54, 1.807) is 7.05 Å². The van der Waals surface area contributed by atoms with Crippen LogP contribution in [0.3, 0.4) is 0 Å². The maximum Gasteiger partial charge on any atom is 0.227 e. The second-order valence-corrected chi connectivity index (χ2v) is 6.01. The van der Waals surface area contributed by atoms with E-state index in [0.29, 0.717) is 12.8 Å². The minimum atomic E-state index is -0.485. The molecule has 0 saturated carbocycles. The molecule has 0 saturated heterocycles. The van der Waals surface area contributed by atoms with Gasteiger partial charge in [0.25, 0.3) is 0 Å². The van der Waals surface area contributed by atoms with Crippen molar-refractivity contribution >= 4 is 11.7 Å². The summed E-state index contributed by atoms with van der Waals surface area (Å²) in [4.78, 5) is 17.5. The Balaban J connectivity index is 2.02. The Labute approximate surface area is 130 Å². The fraction of sp³-hybridized carbons (Fsp3) is 0.333. The largest absolute Gasteiger partial charge is 0.298 e. The van der Waals surface area contributed by atoms with Gasteiger partial charge in [0.2, 0.25) is 5.91 Å². The summed E-state index contributed by atoms with van der Waals surface area (Å²) < 4.78 is 13.7. The molecule has 0 aliphatic rings. The first-order valence-corrected chi connectivity index (χ1v) is 7.34. The Hall–Kier alpha value is -2.23. The molecule has 116 valence electrons. The predicted molar refractivity (Wildman–Crippen MR) is 86.3 cm³/mol. The zero-order valence-corrected chi connectivity index (χ0v) is 13.2. The van der Waals surface area contributed by atoms with Gasteiger partial charge in [-0.3, -0.25) is 9.69 Å². The molecule has 0 spiro atoms. The fourth-order valence-electron chi connectivity index (χ4n) is 2.36. The van der Waals surface area contributed by atoms with Crippen molar-refractivity contribution < 1.29 is 9.18 Å². The molecule has 0 radical (unpaired) electrons. The first kappa shape index (κ1) is 16.1. The Kier molecular flexibility index (Phi) is 4.91. The van der Waals surface area contributed by atoms with Gasteiger partial charge in [0.1, 0.15) is 0 Å². The van der Waals surface area contributed by atoms with E-state index in [9.17, 15) is 9.18 Å². The van der Waals surface area contributed by atoms with Gasteiger partial charge in [-0.1, -0.05) is 44.2 Å². The third-order valence-corrected chi connectivity index (χ3v) is 3.95. The molecule has 22 heavy (non-hydrogen) atoms. The van der Waals surface area contributed by atoms with Crippen LogP contribution in [0, 0.1) is 5.82 Å². The SMILES string of the molecule is CN(C(=O)CCC(C)(C)c1ccccc1)c1ncccc1F. The molecular formula is C18H21FN2O. The molecule has 0 fully saturated rings. The molecule has 4 heteroatoms. The number of amides is 1. The smallest absolute Gasteiger partial charge is 0.227 e. The second kappa shape index (κ2) is 6.69. The zero-order chi connectivity index (χ0) is 16.2. The van der Waals surface area contributed by atoms with Crippen LogP contribution in [0.4, 0.5) is 10.2 Å². The lowest BCUT2D eigenvalue weighted by atomic mass is 9.80. The van der Waals surface area contributed by atoms with Crippen molar-refractivity contribution in [2.24, 2.45) is 0 Å². The summed E-state index contributed by atoms with van der Waals surface area (Å²) in [6.07, 6.45) is 2.51. The van der Waals surface area contributed by atoms with E-state index >= 15 is 0 Å². The highest BCUT2D eigenvalue weighted by Gasteiger charge is 2.23. The van der Waals surface area contributed by atoms with Gasteiger partial charge in [-0.05, 0) is 29.5 Å². The lowest BCUT2D eigenvalue weighted by Gasteiger charge is -2.26. The third-order valence-electron chi connectivity index (χ3n) is 3.95. The molecule has 1 heterocycles. The highest BCUT2D eigenvalue weighted by atomic mass is 19.1. The zero-order valence-electron chi connectivity index (χ0n) is 13.2. The Bertz CT molecular complexity index is 641. The normalized spacial score (nSPS) is 11.3. The third kappa shape index (κ3) is 3.70. The number of hydrogen-bond donors (Lipinski definition) is 0. The molecule has 0 unspecified atom stereocenters. The van der Waals surface area contributed by atoms with Crippen molar-refractivity contribution in [1.82, 2.24) is 4.98 Å². The quantitative estimate of drug-likeness (QED) is 0.838. The number of hydrogen-bond acceptors (Lipinski definition) is 2. The number of carbonyl (C=O) groups is 1. The molecular weight excluding hydrogens is 279 g/mol. The highest BCUT2D eigenvalue weighted by Crippen LogP contribution is 2.28. The number of benzene rings is 1. The predicted octanol–water partition coefficient (Wildman–Crippen LogP) is 3.94. The summed E-state index contributed by atoms with van der Waals surface area (Å²) in [5.41, 5.74) is 1.08. The molecule has 2 rings (SSSR count). The van der Waals surface area contributed by atoms with E-state index in [2.05, 4.69) is 31.0 Å². The number of halogens is 1. The van der Waals surface area contributed by atoms with Gasteiger partial charge in [-0.15, -0.1) is 0 Å². The van der Waals surface area contributed by atoms with Crippen molar-refractivity contribution in [3.05, 3.63) is 60.0 Å². The van der Waals surface area contributed by atoms with Gasteiger partial charge in [0, 0.05) is 19.7 Å². The molecule has 1 amide bonds. The minimum Gasteiger partial charge on any atom is -0.298 e. The summed E-state index contributed by atoms with van der Waals surface area (Å²) in [7, 11) is 1.56. The number of aromatic nitrogens is 1. The minimum absolute atomic E-state index is 0.0741. The van der Waals surface area contributed by atoms with Crippen LogP contribution in [-0.2, 0) is 10.2 Å². The number of pyridine rings is 1. The average molecular weight is 300 g/mol. The van der Waals surface area contributed by atoms with Gasteiger partial charge in [0.05, 0.1) is 0 Å². The fourth-order valence-corrected chi connectivity index (χ4v) is 2.36. The summed E-state index contributed by atoms with van der Waals surface area (Å²) >= 11 is 0. The van der Waals surface area contributed by atoms with Crippen LogP contribution in [0.2, 0.25) is 0 Å². The van der Waals surface area contributed by atoms with E-state index < -0.39 is 5.82 Å². The molecule has 0 N–H and O–H groups in total. The molecule has 3 nitrogen and oxygen atoms in total. The first-order valence-electron chi connectivity index (χ1n) is 7.34. The summed E-state index contributed by atoms with van der Waals surface area (Å²) in [5.74, 6) is -0.549. The van der Waals surface area contributed by atoms with Crippen molar-refractivity contribution in [2.75, 3.05) is 11.9 Å². The van der Waals surface area contributed by atoms with Crippen LogP contribution in [0.15, 0.2) is 48.7 Å². The monoisotopic (exact) mass is 300 g/mol. The molecule has 1 aromatic carbocycles. The van der Waals surface area contributed by atoms with Crippen LogP contribution in [0.25, 0.3) is 0 Å². The Morgan fingerprint density at radius 1 is 1.18 bits per heavy atom. The number of nitrogens with zero attached hydrogens (tertiary/aromatic N) is 2. The molecule has 0 aliphatic heterocycles. The van der Waals surface area contributed by atoms with Gasteiger partial charge in [-0.2, -0.15) is 0 Å². The van der Waals surface area contributed by atoms with E-state index in [0.717, 1.165) is 0 Å². The van der Waals surface area contributed by atoms with Crippen LogP contribution < -0.4 is 4.90 Å². The summed E-state index contributed by atoms with van der Waals surface area (Å²) in [6.45, 7) is 4.22. The maximum absolute atomic E-state index is 13.7. The van der Waals surface area contributed by atoms with Crippen molar-refractivity contribution in [3.63, 3.8) is 0 Å². The maximum atomic E-state index is 13.7. The van der Waals surface area contributed by atoms with Gasteiger partial charge in [-0.25, -0.2) is 9.37 Å². The van der Waals surface area contributed by atoms with Crippen LogP contribution in [-0.4, -0.2) is 17.9 Å². The molecule has 0 bridgehead atoms. The standard InChI is InChI=1S/C18H21FN2O/c1-18(2,14-8-5-4-6-9-14)12-11-16(22)21(3)17-15(19)10-7-13-20-17/h4-10,13H,11-12H2,1-3H3. The Morgan fingerprint density at radius 3 is 2.50 bits per heavy atom. The number of carbonyl (C=O) groups excluding carboxylic acids is 1. The Morgan fingerprint density at radius 2 is 1.86 bits per heavy atom. The van der Waals surface area contributed by atoms with Crippen LogP contribution in [0.1, 0.15) is 32.3 Å². The van der Waals surface area contributed by atoms with E-state index in [4.69, 9.17) is 0 Å². The van der Waals surface area contributed by atoms with Gasteiger partial charge < -0.3 is 0 Å². The van der Waals surface area contributed by atoms with Crippen molar-refractivity contribution in [3.8, 4) is 0 Å². The summed E-state index contributed by atoms with van der Waals surface area (Å²) in [5, 5.41) is 0. The average Bonchev–Trinajstić information content (AvgIpc) is 2.53. The van der Waals surface area contributed by atoms with Crippen LogP contribution >= 0.6 is 0 Å². The van der Waals surface area contributed by atoms with E-state index in [1.807, 2.05) is 18.2 Å². The van der Waals surface area contributed by atoms with Crippen LogP contribution in [0.5, 0.6) is 0 Å².